The molecule has 0 N–H and O–H groups in total. The third kappa shape index (κ3) is 5.71. The van der Waals surface area contributed by atoms with Crippen LogP contribution in [0.2, 0.25) is 0 Å². The van der Waals surface area contributed by atoms with Gasteiger partial charge in [0.2, 0.25) is 0 Å². The third-order valence-corrected chi connectivity index (χ3v) is 10.7. The molecular weight excluding hydrogens is 783 g/mol. The van der Waals surface area contributed by atoms with Gasteiger partial charge in [0.05, 0.1) is 53.6 Å². The van der Waals surface area contributed by atoms with Crippen molar-refractivity contribution in [2.45, 2.75) is 55.6 Å². The predicted octanol–water partition coefficient (Wildman–Crippen LogP) is 7.75. The van der Waals surface area contributed by atoms with E-state index in [2.05, 4.69) is 0 Å². The van der Waals surface area contributed by atoms with Crippen molar-refractivity contribution in [1.82, 2.24) is 19.6 Å². The third-order valence-electron chi connectivity index (χ3n) is 10.7. The summed E-state index contributed by atoms with van der Waals surface area (Å²) in [7, 11) is 3.02. The summed E-state index contributed by atoms with van der Waals surface area (Å²) in [5, 5.41) is 0. The maximum Gasteiger partial charge on any atom is 0.358 e. The van der Waals surface area contributed by atoms with Crippen molar-refractivity contribution in [3.63, 3.8) is 0 Å². The molecule has 56 heavy (non-hydrogen) atoms. The van der Waals surface area contributed by atoms with Gasteiger partial charge in [0.15, 0.2) is 4.30 Å². The number of rotatable bonds is 8. The molecular formula is C41H39Cl3N4O8. The molecule has 2 fully saturated rings. The van der Waals surface area contributed by atoms with E-state index in [-0.39, 0.29) is 39.4 Å². The molecule has 4 heterocycles. The van der Waals surface area contributed by atoms with Crippen LogP contribution in [0.25, 0.3) is 22.3 Å². The minimum Gasteiger partial charge on any atom is -0.496 e. The van der Waals surface area contributed by atoms with Gasteiger partial charge in [-0.1, -0.05) is 108 Å². The number of alkyl halides is 3. The Labute approximate surface area is 339 Å². The number of esters is 2. The first-order valence-corrected chi connectivity index (χ1v) is 19.3. The molecule has 0 radical (unpaired) electrons. The molecule has 4 aromatic carbocycles. The van der Waals surface area contributed by atoms with E-state index < -0.39 is 39.6 Å². The van der Waals surface area contributed by atoms with Gasteiger partial charge in [-0.15, -0.1) is 0 Å². The van der Waals surface area contributed by atoms with E-state index in [1.807, 2.05) is 72.8 Å². The van der Waals surface area contributed by atoms with Crippen molar-refractivity contribution >= 4 is 58.8 Å². The summed E-state index contributed by atoms with van der Waals surface area (Å²) in [6, 6.07) is 25.7. The van der Waals surface area contributed by atoms with Crippen LogP contribution in [0.3, 0.4) is 0 Å². The smallest absolute Gasteiger partial charge is 0.358 e. The lowest BCUT2D eigenvalue weighted by Gasteiger charge is -2.44. The van der Waals surface area contributed by atoms with Gasteiger partial charge in [0.1, 0.15) is 11.5 Å². The number of benzene rings is 4. The summed E-state index contributed by atoms with van der Waals surface area (Å²) in [5.41, 5.74) is 1.45. The number of hydrogen-bond acceptors (Lipinski definition) is 8. The van der Waals surface area contributed by atoms with Crippen LogP contribution >= 0.6 is 34.8 Å². The molecule has 2 saturated heterocycles. The molecule has 4 aromatic rings. The lowest BCUT2D eigenvalue weighted by molar-refractivity contribution is -0.191. The zero-order valence-corrected chi connectivity index (χ0v) is 33.4. The molecule has 0 unspecified atom stereocenters. The normalized spacial score (nSPS) is 20.3. The standard InChI is InChI=1S/C40H38N4O8.CHCl3/c1-5-51-35(45)39-40(36(46)52-6-2)43-23-31-32(34(50-4)20-19-33(31)49-3)24-44(40)38(48)42(39)22-30-28(26-15-11-8-12-16-26)18-17-27(25-13-9-7-10-14-25)29(30)21-41(39)37(43)47;2-1(3)4/h7-20H,5-6,21-24H2,1-4H3;1H. The van der Waals surface area contributed by atoms with Crippen LogP contribution in [0.4, 0.5) is 9.59 Å². The van der Waals surface area contributed by atoms with Crippen LogP contribution in [0.1, 0.15) is 36.1 Å². The van der Waals surface area contributed by atoms with Crippen LogP contribution in [-0.2, 0) is 45.2 Å². The molecule has 292 valence electrons. The minimum absolute atomic E-state index is 0.0666. The number of urea groups is 2. The highest BCUT2D eigenvalue weighted by Crippen LogP contribution is 2.59. The number of carbonyl (C=O) groups is 4. The Hall–Kier alpha value is -5.17. The number of methoxy groups -OCH3 is 2. The number of halogens is 3. The maximum absolute atomic E-state index is 15.4. The molecule has 0 aromatic heterocycles. The van der Waals surface area contributed by atoms with Crippen LogP contribution in [0.5, 0.6) is 11.5 Å². The molecule has 4 amide bonds. The van der Waals surface area contributed by atoms with E-state index in [1.165, 1.54) is 33.8 Å². The molecule has 15 heteroatoms. The van der Waals surface area contributed by atoms with E-state index in [0.717, 1.165) is 33.4 Å². The monoisotopic (exact) mass is 820 g/mol. The summed E-state index contributed by atoms with van der Waals surface area (Å²) in [6.45, 7) is 2.55. The number of fused-ring (bicyclic) bond motifs is 2. The van der Waals surface area contributed by atoms with E-state index >= 15 is 14.4 Å². The highest BCUT2D eigenvalue weighted by molar-refractivity contribution is 6.63. The zero-order chi connectivity index (χ0) is 39.9. The van der Waals surface area contributed by atoms with Crippen LogP contribution in [-0.4, -0.2) is 86.7 Å². The van der Waals surface area contributed by atoms with Gasteiger partial charge in [0.25, 0.3) is 11.3 Å². The van der Waals surface area contributed by atoms with Gasteiger partial charge in [-0.05, 0) is 59.4 Å². The summed E-state index contributed by atoms with van der Waals surface area (Å²) in [4.78, 5) is 66.0. The highest BCUT2D eigenvalue weighted by Gasteiger charge is 2.87. The second-order valence-electron chi connectivity index (χ2n) is 13.2. The summed E-state index contributed by atoms with van der Waals surface area (Å²) < 4.78 is 22.4. The predicted molar refractivity (Wildman–Crippen MR) is 210 cm³/mol. The van der Waals surface area contributed by atoms with E-state index in [0.29, 0.717) is 22.6 Å². The quantitative estimate of drug-likeness (QED) is 0.131. The lowest BCUT2D eigenvalue weighted by atomic mass is 9.89. The number of ether oxygens (including phenoxy) is 4. The fraction of sp³-hybridized carbons (Fsp3) is 0.317. The highest BCUT2D eigenvalue weighted by atomic mass is 35.6. The molecule has 0 bridgehead atoms. The molecule has 0 saturated carbocycles. The second kappa shape index (κ2) is 15.4. The zero-order valence-electron chi connectivity index (χ0n) is 31.1. The maximum atomic E-state index is 15.4. The summed E-state index contributed by atoms with van der Waals surface area (Å²) in [5.74, 6) is -0.956. The fourth-order valence-corrected chi connectivity index (χ4v) is 8.65. The molecule has 0 aliphatic carbocycles. The Morgan fingerprint density at radius 2 is 0.893 bits per heavy atom. The molecule has 4 aliphatic heterocycles. The van der Waals surface area contributed by atoms with Gasteiger partial charge in [-0.2, -0.15) is 0 Å². The first-order chi connectivity index (χ1) is 27.0. The largest absolute Gasteiger partial charge is 0.496 e. The number of nitrogens with zero attached hydrogens (tertiary/aromatic N) is 4. The average molecular weight is 822 g/mol. The topological polar surface area (TPSA) is 118 Å². The molecule has 12 nitrogen and oxygen atoms in total. The summed E-state index contributed by atoms with van der Waals surface area (Å²) in [6.07, 6.45) is 0. The Bertz CT molecular complexity index is 2060. The Balaban J connectivity index is 0.00000115. The Morgan fingerprint density at radius 3 is 1.20 bits per heavy atom. The van der Waals surface area contributed by atoms with Gasteiger partial charge in [-0.3, -0.25) is 19.6 Å². The molecule has 8 rings (SSSR count). The van der Waals surface area contributed by atoms with Crippen LogP contribution in [0, 0.1) is 0 Å². The molecule has 4 aliphatic rings. The molecule has 0 spiro atoms. The van der Waals surface area contributed by atoms with E-state index in [1.54, 1.807) is 26.0 Å². The van der Waals surface area contributed by atoms with Crippen LogP contribution in [0.15, 0.2) is 84.9 Å². The second-order valence-corrected chi connectivity index (χ2v) is 15.2. The van der Waals surface area contributed by atoms with E-state index in [4.69, 9.17) is 53.8 Å². The number of amides is 4. The average Bonchev–Trinajstić information content (AvgIpc) is 3.35. The number of hydrogen-bond donors (Lipinski definition) is 0. The SMILES string of the molecule is CCOC(=O)C12N3Cc4c(OC)ccc(OC)c4CN1C(=O)N1Cc4c(-c5ccccc5)ccc(-c5ccccc5)c4CN(C3=O)C12C(=O)OCC.ClC(Cl)Cl. The van der Waals surface area contributed by atoms with Gasteiger partial charge < -0.3 is 18.9 Å². The Kier molecular flexibility index (Phi) is 10.7. The van der Waals surface area contributed by atoms with Crippen molar-refractivity contribution in [1.29, 1.82) is 0 Å². The van der Waals surface area contributed by atoms with E-state index in [9.17, 15) is 4.79 Å². The first kappa shape index (κ1) is 39.1. The minimum atomic E-state index is -2.29. The molecule has 0 atom stereocenters. The van der Waals surface area contributed by atoms with Gasteiger partial charge in [-0.25, -0.2) is 19.2 Å². The summed E-state index contributed by atoms with van der Waals surface area (Å²) >= 11 is 14.4. The number of carbonyl (C=O) groups excluding carboxylic acids is 4. The van der Waals surface area contributed by atoms with Crippen molar-refractivity contribution in [3.8, 4) is 33.8 Å². The Morgan fingerprint density at radius 1 is 0.571 bits per heavy atom. The van der Waals surface area contributed by atoms with Crippen LogP contribution < -0.4 is 9.47 Å². The van der Waals surface area contributed by atoms with Gasteiger partial charge >= 0.3 is 24.0 Å². The first-order valence-electron chi connectivity index (χ1n) is 18.0. The lowest BCUT2D eigenvalue weighted by Crippen LogP contribution is -2.75. The van der Waals surface area contributed by atoms with Crippen molar-refractivity contribution in [2.24, 2.45) is 0 Å². The van der Waals surface area contributed by atoms with Crippen molar-refractivity contribution in [3.05, 3.63) is 107 Å². The van der Waals surface area contributed by atoms with Crippen molar-refractivity contribution < 1.29 is 38.1 Å². The fourth-order valence-electron chi connectivity index (χ4n) is 8.65. The van der Waals surface area contributed by atoms with Gasteiger partial charge in [0, 0.05) is 11.1 Å². The van der Waals surface area contributed by atoms with Crippen molar-refractivity contribution in [2.75, 3.05) is 27.4 Å².